The Bertz CT molecular complexity index is 565. The third kappa shape index (κ3) is 3.58. The molecule has 1 aliphatic rings. The Morgan fingerprint density at radius 3 is 2.29 bits per heavy atom. The Morgan fingerprint density at radius 2 is 1.86 bits per heavy atom. The summed E-state index contributed by atoms with van der Waals surface area (Å²) >= 11 is 2.94. The summed E-state index contributed by atoms with van der Waals surface area (Å²) in [6.45, 7) is 0.104. The predicted molar refractivity (Wildman–Crippen MR) is 74.9 cm³/mol. The zero-order chi connectivity index (χ0) is 15.6. The maximum absolute atomic E-state index is 13.7. The summed E-state index contributed by atoms with van der Waals surface area (Å²) in [5.41, 5.74) is -1.15. The van der Waals surface area contributed by atoms with Crippen LogP contribution in [0.4, 0.5) is 8.78 Å². The Hall–Kier alpha value is -1.50. The number of benzene rings is 1. The van der Waals surface area contributed by atoms with E-state index in [-0.39, 0.29) is 17.4 Å². The van der Waals surface area contributed by atoms with Gasteiger partial charge in [-0.2, -0.15) is 0 Å². The van der Waals surface area contributed by atoms with Crippen LogP contribution in [0.2, 0.25) is 0 Å². The fourth-order valence-electron chi connectivity index (χ4n) is 2.53. The van der Waals surface area contributed by atoms with Gasteiger partial charge in [-0.15, -0.1) is 0 Å². The molecule has 1 aromatic rings. The van der Waals surface area contributed by atoms with Crippen LogP contribution in [0.1, 0.15) is 36.0 Å². The van der Waals surface area contributed by atoms with E-state index in [1.54, 1.807) is 0 Å². The molecule has 0 spiro atoms. The minimum absolute atomic E-state index is 0.0570. The Balaban J connectivity index is 2.07. The van der Waals surface area contributed by atoms with Crippen molar-refractivity contribution in [2.75, 3.05) is 6.54 Å². The Morgan fingerprint density at radius 1 is 1.29 bits per heavy atom. The highest BCUT2D eigenvalue weighted by atomic mass is 79.9. The van der Waals surface area contributed by atoms with Gasteiger partial charge in [-0.1, -0.05) is 22.4 Å². The number of rotatable bonds is 5. The molecule has 4 nitrogen and oxygen atoms in total. The first-order valence-electron chi connectivity index (χ1n) is 6.47. The molecule has 1 saturated carbocycles. The van der Waals surface area contributed by atoms with Gasteiger partial charge in [0.15, 0.2) is 0 Å². The molecule has 0 bridgehead atoms. The van der Waals surface area contributed by atoms with Crippen molar-refractivity contribution in [2.24, 2.45) is 5.41 Å². The average molecular weight is 362 g/mol. The second-order valence-corrected chi connectivity index (χ2v) is 6.27. The number of aliphatic carboxylic acids is 1. The number of carbonyl (C=O) groups is 2. The van der Waals surface area contributed by atoms with Crippen LogP contribution in [0.15, 0.2) is 16.6 Å². The minimum atomic E-state index is -0.958. The van der Waals surface area contributed by atoms with Crippen LogP contribution in [-0.4, -0.2) is 23.5 Å². The molecule has 0 heterocycles. The molecular formula is C14H14BrF2NO3. The monoisotopic (exact) mass is 361 g/mol. The number of hydrogen-bond acceptors (Lipinski definition) is 2. The molecule has 1 aliphatic carbocycles. The number of amides is 1. The van der Waals surface area contributed by atoms with Crippen LogP contribution in [0.25, 0.3) is 0 Å². The van der Waals surface area contributed by atoms with Gasteiger partial charge in [0.1, 0.15) is 17.2 Å². The van der Waals surface area contributed by atoms with Crippen LogP contribution in [-0.2, 0) is 4.79 Å². The predicted octanol–water partition coefficient (Wildman–Crippen LogP) is 3.10. The molecule has 1 amide bonds. The molecule has 0 unspecified atom stereocenters. The summed E-state index contributed by atoms with van der Waals surface area (Å²) < 4.78 is 27.5. The fourth-order valence-corrected chi connectivity index (χ4v) is 2.93. The van der Waals surface area contributed by atoms with E-state index in [4.69, 9.17) is 5.11 Å². The van der Waals surface area contributed by atoms with E-state index in [1.165, 1.54) is 0 Å². The standard InChI is InChI=1S/C14H14BrF2NO3/c15-8-4-9(16)12(10(17)5-8)13(21)18-7-14(2-1-3-14)6-11(19)20/h4-5H,1-3,6-7H2,(H,18,21)(H,19,20). The third-order valence-electron chi connectivity index (χ3n) is 3.80. The molecular weight excluding hydrogens is 348 g/mol. The Labute approximate surface area is 128 Å². The molecule has 0 atom stereocenters. The summed E-state index contributed by atoms with van der Waals surface area (Å²) in [6.07, 6.45) is 2.21. The first-order valence-corrected chi connectivity index (χ1v) is 7.27. The second kappa shape index (κ2) is 6.09. The van der Waals surface area contributed by atoms with E-state index in [2.05, 4.69) is 21.2 Å². The van der Waals surface area contributed by atoms with Crippen molar-refractivity contribution in [3.05, 3.63) is 33.8 Å². The van der Waals surface area contributed by atoms with E-state index < -0.39 is 34.5 Å². The lowest BCUT2D eigenvalue weighted by Gasteiger charge is -2.40. The molecule has 2 N–H and O–H groups in total. The van der Waals surface area contributed by atoms with E-state index in [0.717, 1.165) is 18.6 Å². The molecule has 0 saturated heterocycles. The van der Waals surface area contributed by atoms with Crippen LogP contribution >= 0.6 is 15.9 Å². The molecule has 7 heteroatoms. The maximum Gasteiger partial charge on any atom is 0.303 e. The maximum atomic E-state index is 13.7. The summed E-state index contributed by atoms with van der Waals surface area (Å²) in [4.78, 5) is 22.7. The zero-order valence-corrected chi connectivity index (χ0v) is 12.7. The van der Waals surface area contributed by atoms with Crippen molar-refractivity contribution in [1.82, 2.24) is 5.32 Å². The van der Waals surface area contributed by atoms with Gasteiger partial charge in [-0.3, -0.25) is 9.59 Å². The molecule has 0 aromatic heterocycles. The highest BCUT2D eigenvalue weighted by Crippen LogP contribution is 2.43. The van der Waals surface area contributed by atoms with Crippen molar-refractivity contribution in [2.45, 2.75) is 25.7 Å². The lowest BCUT2D eigenvalue weighted by atomic mass is 9.66. The smallest absolute Gasteiger partial charge is 0.303 e. The van der Waals surface area contributed by atoms with Gasteiger partial charge in [0.05, 0.1) is 6.42 Å². The molecule has 114 valence electrons. The van der Waals surface area contributed by atoms with E-state index in [9.17, 15) is 18.4 Å². The average Bonchev–Trinajstić information content (AvgIpc) is 2.30. The third-order valence-corrected chi connectivity index (χ3v) is 4.26. The summed E-state index contributed by atoms with van der Waals surface area (Å²) in [7, 11) is 0. The lowest BCUT2D eigenvalue weighted by Crippen LogP contribution is -2.43. The first kappa shape index (κ1) is 15.9. The van der Waals surface area contributed by atoms with Gasteiger partial charge in [0.2, 0.25) is 0 Å². The zero-order valence-electron chi connectivity index (χ0n) is 11.1. The van der Waals surface area contributed by atoms with E-state index in [0.29, 0.717) is 12.8 Å². The number of carbonyl (C=O) groups excluding carboxylic acids is 1. The Kier molecular flexibility index (Phi) is 4.61. The normalized spacial score (nSPS) is 16.1. The van der Waals surface area contributed by atoms with E-state index >= 15 is 0 Å². The van der Waals surface area contributed by atoms with Crippen LogP contribution < -0.4 is 5.32 Å². The highest BCUT2D eigenvalue weighted by molar-refractivity contribution is 9.10. The quantitative estimate of drug-likeness (QED) is 0.846. The van der Waals surface area contributed by atoms with Crippen molar-refractivity contribution in [1.29, 1.82) is 0 Å². The second-order valence-electron chi connectivity index (χ2n) is 5.35. The molecule has 0 aliphatic heterocycles. The number of carboxylic acid groups (broad SMARTS) is 1. The molecule has 1 fully saturated rings. The van der Waals surface area contributed by atoms with Crippen molar-refractivity contribution in [3.63, 3.8) is 0 Å². The van der Waals surface area contributed by atoms with Crippen LogP contribution in [0, 0.1) is 17.0 Å². The van der Waals surface area contributed by atoms with Gasteiger partial charge in [0.25, 0.3) is 5.91 Å². The number of halogens is 3. The molecule has 1 aromatic carbocycles. The molecule has 21 heavy (non-hydrogen) atoms. The summed E-state index contributed by atoms with van der Waals surface area (Å²) in [5, 5.41) is 11.3. The first-order chi connectivity index (χ1) is 9.83. The largest absolute Gasteiger partial charge is 0.481 e. The topological polar surface area (TPSA) is 66.4 Å². The van der Waals surface area contributed by atoms with Crippen LogP contribution in [0.5, 0.6) is 0 Å². The molecule has 2 rings (SSSR count). The highest BCUT2D eigenvalue weighted by Gasteiger charge is 2.39. The van der Waals surface area contributed by atoms with Gasteiger partial charge in [-0.05, 0) is 30.4 Å². The molecule has 0 radical (unpaired) electrons. The summed E-state index contributed by atoms with van der Waals surface area (Å²) in [6, 6.07) is 2.02. The van der Waals surface area contributed by atoms with Gasteiger partial charge in [-0.25, -0.2) is 8.78 Å². The van der Waals surface area contributed by atoms with Gasteiger partial charge >= 0.3 is 5.97 Å². The SMILES string of the molecule is O=C(O)CC1(CNC(=O)c2c(F)cc(Br)cc2F)CCC1. The van der Waals surface area contributed by atoms with Gasteiger partial charge < -0.3 is 10.4 Å². The van der Waals surface area contributed by atoms with Gasteiger partial charge in [0, 0.05) is 11.0 Å². The number of carboxylic acids is 1. The fraction of sp³-hybridized carbons (Fsp3) is 0.429. The van der Waals surface area contributed by atoms with Crippen molar-refractivity contribution in [3.8, 4) is 0 Å². The summed E-state index contributed by atoms with van der Waals surface area (Å²) in [5.74, 6) is -3.72. The van der Waals surface area contributed by atoms with Crippen molar-refractivity contribution < 1.29 is 23.5 Å². The van der Waals surface area contributed by atoms with Crippen molar-refractivity contribution >= 4 is 27.8 Å². The number of nitrogens with one attached hydrogen (secondary N) is 1. The van der Waals surface area contributed by atoms with Crippen LogP contribution in [0.3, 0.4) is 0 Å². The van der Waals surface area contributed by atoms with E-state index in [1.807, 2.05) is 0 Å². The number of hydrogen-bond donors (Lipinski definition) is 2. The minimum Gasteiger partial charge on any atom is -0.481 e. The lowest BCUT2D eigenvalue weighted by molar-refractivity contribution is -0.141.